The molecular weight excluding hydrogens is 235 g/mol. The Kier molecular flexibility index (Phi) is 2.73. The lowest BCUT2D eigenvalue weighted by atomic mass is 10.1. The number of carbonyl (C=O) groups excluding carboxylic acids is 1. The second-order valence-corrected chi connectivity index (χ2v) is 3.82. The Hall–Kier alpha value is -1.72. The number of nitrogens with zero attached hydrogens (tertiary/aromatic N) is 1. The fraction of sp³-hybridized carbons (Fsp3) is 0.364. The van der Waals surface area contributed by atoms with E-state index in [9.17, 15) is 23.1 Å². The van der Waals surface area contributed by atoms with E-state index < -0.39 is 17.5 Å². The Balaban J connectivity index is 2.46. The van der Waals surface area contributed by atoms with Crippen molar-refractivity contribution in [2.24, 2.45) is 0 Å². The minimum absolute atomic E-state index is 0.0673. The van der Waals surface area contributed by atoms with E-state index in [2.05, 4.69) is 0 Å². The first kappa shape index (κ1) is 11.8. The van der Waals surface area contributed by atoms with Crippen molar-refractivity contribution in [2.45, 2.75) is 19.0 Å². The van der Waals surface area contributed by atoms with E-state index in [1.165, 1.54) is 17.0 Å². The average Bonchev–Trinajstić information content (AvgIpc) is 2.63. The van der Waals surface area contributed by atoms with E-state index in [0.29, 0.717) is 19.4 Å². The van der Waals surface area contributed by atoms with Crippen LogP contribution in [0, 0.1) is 0 Å². The van der Waals surface area contributed by atoms with Crippen LogP contribution in [-0.2, 0) is 11.0 Å². The van der Waals surface area contributed by atoms with Gasteiger partial charge in [0.05, 0.1) is 11.3 Å². The maximum atomic E-state index is 12.5. The molecule has 0 unspecified atom stereocenters. The third-order valence-corrected chi connectivity index (χ3v) is 2.68. The van der Waals surface area contributed by atoms with Gasteiger partial charge < -0.3 is 10.0 Å². The van der Waals surface area contributed by atoms with Crippen molar-refractivity contribution in [1.29, 1.82) is 0 Å². The summed E-state index contributed by atoms with van der Waals surface area (Å²) in [6, 6.07) is 3.29. The summed E-state index contributed by atoms with van der Waals surface area (Å²) in [6.45, 7) is 0.341. The number of phenolic OH excluding ortho intramolecular Hbond substituents is 1. The molecule has 0 radical (unpaired) electrons. The zero-order valence-electron chi connectivity index (χ0n) is 8.79. The maximum absolute atomic E-state index is 12.5. The highest BCUT2D eigenvalue weighted by atomic mass is 19.4. The molecule has 0 aromatic heterocycles. The molecule has 1 aliphatic rings. The van der Waals surface area contributed by atoms with Crippen LogP contribution in [0.3, 0.4) is 0 Å². The van der Waals surface area contributed by atoms with Gasteiger partial charge in [0, 0.05) is 13.0 Å². The summed E-state index contributed by atoms with van der Waals surface area (Å²) in [6.07, 6.45) is -3.73. The minimum Gasteiger partial charge on any atom is -0.505 e. The summed E-state index contributed by atoms with van der Waals surface area (Å²) in [5.41, 5.74) is -1.18. The molecule has 92 valence electrons. The smallest absolute Gasteiger partial charge is 0.420 e. The average molecular weight is 245 g/mol. The molecule has 17 heavy (non-hydrogen) atoms. The number of anilines is 1. The quantitative estimate of drug-likeness (QED) is 0.825. The van der Waals surface area contributed by atoms with E-state index in [1.54, 1.807) is 0 Å². The van der Waals surface area contributed by atoms with Gasteiger partial charge in [-0.15, -0.1) is 0 Å². The van der Waals surface area contributed by atoms with Crippen LogP contribution in [0.25, 0.3) is 0 Å². The minimum atomic E-state index is -4.62. The number of hydrogen-bond donors (Lipinski definition) is 1. The topological polar surface area (TPSA) is 40.5 Å². The highest BCUT2D eigenvalue weighted by molar-refractivity contribution is 5.96. The van der Waals surface area contributed by atoms with Gasteiger partial charge in [-0.2, -0.15) is 13.2 Å². The first-order valence-electron chi connectivity index (χ1n) is 5.11. The number of aromatic hydroxyl groups is 1. The molecule has 2 rings (SSSR count). The second-order valence-electron chi connectivity index (χ2n) is 3.82. The van der Waals surface area contributed by atoms with Crippen LogP contribution >= 0.6 is 0 Å². The summed E-state index contributed by atoms with van der Waals surface area (Å²) in [7, 11) is 0. The molecule has 1 saturated heterocycles. The van der Waals surface area contributed by atoms with Crippen molar-refractivity contribution in [3.8, 4) is 5.75 Å². The Morgan fingerprint density at radius 1 is 1.29 bits per heavy atom. The maximum Gasteiger partial charge on any atom is 0.420 e. The molecule has 1 fully saturated rings. The normalized spacial score (nSPS) is 16.6. The number of halogens is 3. The molecule has 3 nitrogen and oxygen atoms in total. The van der Waals surface area contributed by atoms with Crippen LogP contribution in [0.5, 0.6) is 5.75 Å². The van der Waals surface area contributed by atoms with Gasteiger partial charge in [-0.3, -0.25) is 4.79 Å². The van der Waals surface area contributed by atoms with Crippen LogP contribution in [0.1, 0.15) is 18.4 Å². The van der Waals surface area contributed by atoms with Gasteiger partial charge in [0.1, 0.15) is 0 Å². The zero-order chi connectivity index (χ0) is 12.6. The van der Waals surface area contributed by atoms with Gasteiger partial charge in [-0.1, -0.05) is 6.07 Å². The van der Waals surface area contributed by atoms with Gasteiger partial charge >= 0.3 is 6.18 Å². The number of rotatable bonds is 1. The van der Waals surface area contributed by atoms with Crippen molar-refractivity contribution in [1.82, 2.24) is 0 Å². The van der Waals surface area contributed by atoms with E-state index >= 15 is 0 Å². The Labute approximate surface area is 95.5 Å². The molecule has 1 aliphatic heterocycles. The van der Waals surface area contributed by atoms with Gasteiger partial charge in [0.2, 0.25) is 5.91 Å². The van der Waals surface area contributed by atoms with E-state index in [-0.39, 0.29) is 11.6 Å². The third kappa shape index (κ3) is 2.07. The van der Waals surface area contributed by atoms with Crippen molar-refractivity contribution in [2.75, 3.05) is 11.4 Å². The van der Waals surface area contributed by atoms with Crippen molar-refractivity contribution in [3.63, 3.8) is 0 Å². The Bertz CT molecular complexity index is 457. The largest absolute Gasteiger partial charge is 0.505 e. The van der Waals surface area contributed by atoms with E-state index in [0.717, 1.165) is 6.07 Å². The van der Waals surface area contributed by atoms with Crippen LogP contribution in [0.15, 0.2) is 18.2 Å². The van der Waals surface area contributed by atoms with Gasteiger partial charge in [-0.25, -0.2) is 0 Å². The molecule has 0 saturated carbocycles. The number of phenols is 1. The SMILES string of the molecule is O=C1CCCN1c1cccc(C(F)(F)F)c1O. The first-order chi connectivity index (χ1) is 7.91. The summed E-state index contributed by atoms with van der Waals surface area (Å²) < 4.78 is 37.6. The van der Waals surface area contributed by atoms with Crippen molar-refractivity contribution >= 4 is 11.6 Å². The highest BCUT2D eigenvalue weighted by Gasteiger charge is 2.36. The van der Waals surface area contributed by atoms with Crippen LogP contribution in [0.2, 0.25) is 0 Å². The standard InChI is InChI=1S/C11H10F3NO2/c12-11(13,14)7-3-1-4-8(10(7)17)15-6-2-5-9(15)16/h1,3-4,17H,2,5-6H2. The summed E-state index contributed by atoms with van der Waals surface area (Å²) in [5.74, 6) is -1.14. The Morgan fingerprint density at radius 2 is 2.00 bits per heavy atom. The molecule has 1 amide bonds. The van der Waals surface area contributed by atoms with Gasteiger partial charge in [0.15, 0.2) is 5.75 Å². The predicted molar refractivity (Wildman–Crippen MR) is 54.7 cm³/mol. The number of alkyl halides is 3. The molecule has 1 aromatic rings. The molecule has 1 N–H and O–H groups in total. The van der Waals surface area contributed by atoms with Crippen molar-refractivity contribution < 1.29 is 23.1 Å². The lowest BCUT2D eigenvalue weighted by Gasteiger charge is -2.19. The lowest BCUT2D eigenvalue weighted by molar-refractivity contribution is -0.138. The molecule has 1 heterocycles. The lowest BCUT2D eigenvalue weighted by Crippen LogP contribution is -2.24. The predicted octanol–water partition coefficient (Wildman–Crippen LogP) is 2.54. The van der Waals surface area contributed by atoms with E-state index in [1.807, 2.05) is 0 Å². The second kappa shape index (κ2) is 3.94. The number of hydrogen-bond acceptors (Lipinski definition) is 2. The number of para-hydroxylation sites is 1. The number of benzene rings is 1. The number of carbonyl (C=O) groups is 1. The summed E-state index contributed by atoms with van der Waals surface area (Å²) in [4.78, 5) is 12.6. The third-order valence-electron chi connectivity index (χ3n) is 2.68. The molecule has 0 aliphatic carbocycles. The van der Waals surface area contributed by atoms with Crippen LogP contribution in [-0.4, -0.2) is 17.6 Å². The Morgan fingerprint density at radius 3 is 2.53 bits per heavy atom. The molecular formula is C11H10F3NO2. The van der Waals surface area contributed by atoms with Gasteiger partial charge in [0.25, 0.3) is 0 Å². The van der Waals surface area contributed by atoms with E-state index in [4.69, 9.17) is 0 Å². The van der Waals surface area contributed by atoms with Gasteiger partial charge in [-0.05, 0) is 18.6 Å². The van der Waals surface area contributed by atoms with Crippen molar-refractivity contribution in [3.05, 3.63) is 23.8 Å². The molecule has 6 heteroatoms. The van der Waals surface area contributed by atoms with Crippen LogP contribution in [0.4, 0.5) is 18.9 Å². The molecule has 1 aromatic carbocycles. The summed E-state index contributed by atoms with van der Waals surface area (Å²) >= 11 is 0. The molecule has 0 spiro atoms. The highest BCUT2D eigenvalue weighted by Crippen LogP contribution is 2.41. The van der Waals surface area contributed by atoms with Crippen LogP contribution < -0.4 is 4.90 Å². The number of amides is 1. The molecule has 0 atom stereocenters. The monoisotopic (exact) mass is 245 g/mol. The fourth-order valence-electron chi connectivity index (χ4n) is 1.88. The fourth-order valence-corrected chi connectivity index (χ4v) is 1.88. The summed E-state index contributed by atoms with van der Waals surface area (Å²) in [5, 5.41) is 9.59. The zero-order valence-corrected chi connectivity index (χ0v) is 8.79. The molecule has 0 bridgehead atoms. The first-order valence-corrected chi connectivity index (χ1v) is 5.11.